The number of carbonyl (C=O) groups is 2. The van der Waals surface area contributed by atoms with Gasteiger partial charge in [0.05, 0.1) is 0 Å². The SMILES string of the molecule is O=C(O)[C@@H]1C[C@@H]2CCCC[C@H]2N1C(=O)c1ccccc1. The van der Waals surface area contributed by atoms with Gasteiger partial charge in [-0.1, -0.05) is 31.0 Å². The van der Waals surface area contributed by atoms with Crippen LogP contribution in [-0.4, -0.2) is 34.0 Å². The van der Waals surface area contributed by atoms with E-state index in [0.717, 1.165) is 25.7 Å². The van der Waals surface area contributed by atoms with Crippen molar-refractivity contribution >= 4 is 11.9 Å². The molecule has 20 heavy (non-hydrogen) atoms. The van der Waals surface area contributed by atoms with Crippen LogP contribution >= 0.6 is 0 Å². The molecule has 106 valence electrons. The van der Waals surface area contributed by atoms with Gasteiger partial charge in [-0.3, -0.25) is 4.79 Å². The molecule has 0 unspecified atom stereocenters. The number of rotatable bonds is 2. The lowest BCUT2D eigenvalue weighted by atomic mass is 9.84. The highest BCUT2D eigenvalue weighted by Gasteiger charge is 2.47. The Kier molecular flexibility index (Phi) is 3.47. The van der Waals surface area contributed by atoms with Gasteiger partial charge in [0, 0.05) is 11.6 Å². The number of nitrogens with zero attached hydrogens (tertiary/aromatic N) is 1. The lowest BCUT2D eigenvalue weighted by Crippen LogP contribution is -2.46. The van der Waals surface area contributed by atoms with Gasteiger partial charge >= 0.3 is 5.97 Å². The Balaban J connectivity index is 1.91. The third kappa shape index (κ3) is 2.19. The first-order valence-electron chi connectivity index (χ1n) is 7.29. The molecule has 1 saturated carbocycles. The number of carboxylic acids is 1. The molecule has 0 aromatic heterocycles. The number of fused-ring (bicyclic) bond motifs is 1. The number of likely N-dealkylation sites (tertiary alicyclic amines) is 1. The highest BCUT2D eigenvalue weighted by atomic mass is 16.4. The number of amides is 1. The Morgan fingerprint density at radius 3 is 2.50 bits per heavy atom. The van der Waals surface area contributed by atoms with Crippen molar-refractivity contribution in [2.45, 2.75) is 44.2 Å². The minimum Gasteiger partial charge on any atom is -0.480 e. The van der Waals surface area contributed by atoms with Crippen molar-refractivity contribution in [3.8, 4) is 0 Å². The van der Waals surface area contributed by atoms with Gasteiger partial charge in [0.15, 0.2) is 0 Å². The van der Waals surface area contributed by atoms with Crippen molar-refractivity contribution in [1.29, 1.82) is 0 Å². The third-order valence-electron chi connectivity index (χ3n) is 4.63. The van der Waals surface area contributed by atoms with Crippen LogP contribution in [0.15, 0.2) is 30.3 Å². The topological polar surface area (TPSA) is 57.6 Å². The lowest BCUT2D eigenvalue weighted by molar-refractivity contribution is -0.141. The zero-order valence-electron chi connectivity index (χ0n) is 11.4. The molecule has 1 N–H and O–H groups in total. The van der Waals surface area contributed by atoms with Gasteiger partial charge in [0.25, 0.3) is 5.91 Å². The normalized spacial score (nSPS) is 29.0. The number of hydrogen-bond acceptors (Lipinski definition) is 2. The number of benzene rings is 1. The summed E-state index contributed by atoms with van der Waals surface area (Å²) < 4.78 is 0. The predicted molar refractivity (Wildman–Crippen MR) is 74.4 cm³/mol. The number of carboxylic acid groups (broad SMARTS) is 1. The minimum absolute atomic E-state index is 0.109. The van der Waals surface area contributed by atoms with Crippen LogP contribution in [0.5, 0.6) is 0 Å². The molecule has 2 fully saturated rings. The van der Waals surface area contributed by atoms with E-state index >= 15 is 0 Å². The van der Waals surface area contributed by atoms with Crippen LogP contribution in [-0.2, 0) is 4.79 Å². The maximum atomic E-state index is 12.7. The first-order chi connectivity index (χ1) is 9.68. The Labute approximate surface area is 118 Å². The lowest BCUT2D eigenvalue weighted by Gasteiger charge is -2.33. The second-order valence-electron chi connectivity index (χ2n) is 5.78. The molecular formula is C16H19NO3. The van der Waals surface area contributed by atoms with Crippen LogP contribution in [0.4, 0.5) is 0 Å². The smallest absolute Gasteiger partial charge is 0.326 e. The van der Waals surface area contributed by atoms with Crippen molar-refractivity contribution in [2.75, 3.05) is 0 Å². The van der Waals surface area contributed by atoms with Gasteiger partial charge in [0.2, 0.25) is 0 Å². The number of aliphatic carboxylic acids is 1. The van der Waals surface area contributed by atoms with E-state index in [9.17, 15) is 14.7 Å². The van der Waals surface area contributed by atoms with E-state index in [2.05, 4.69) is 0 Å². The van der Waals surface area contributed by atoms with Crippen molar-refractivity contribution in [1.82, 2.24) is 4.90 Å². The fraction of sp³-hybridized carbons (Fsp3) is 0.500. The molecule has 1 aliphatic heterocycles. The van der Waals surface area contributed by atoms with E-state index in [-0.39, 0.29) is 11.9 Å². The highest BCUT2D eigenvalue weighted by Crippen LogP contribution is 2.40. The van der Waals surface area contributed by atoms with E-state index in [1.54, 1.807) is 17.0 Å². The average Bonchev–Trinajstić information content (AvgIpc) is 2.87. The molecule has 1 aliphatic carbocycles. The Morgan fingerprint density at radius 1 is 1.10 bits per heavy atom. The fourth-order valence-corrected chi connectivity index (χ4v) is 3.70. The molecule has 1 amide bonds. The Hall–Kier alpha value is -1.84. The summed E-state index contributed by atoms with van der Waals surface area (Å²) in [5, 5.41) is 9.43. The molecule has 3 atom stereocenters. The fourth-order valence-electron chi connectivity index (χ4n) is 3.70. The van der Waals surface area contributed by atoms with Crippen LogP contribution in [0.25, 0.3) is 0 Å². The maximum Gasteiger partial charge on any atom is 0.326 e. The largest absolute Gasteiger partial charge is 0.480 e. The summed E-state index contributed by atoms with van der Waals surface area (Å²) in [5.74, 6) is -0.645. The summed E-state index contributed by atoms with van der Waals surface area (Å²) in [7, 11) is 0. The summed E-state index contributed by atoms with van der Waals surface area (Å²) in [6, 6.07) is 8.47. The van der Waals surface area contributed by atoms with E-state index in [1.165, 1.54) is 0 Å². The summed E-state index contributed by atoms with van der Waals surface area (Å²) in [6.45, 7) is 0. The van der Waals surface area contributed by atoms with Crippen molar-refractivity contribution in [3.63, 3.8) is 0 Å². The van der Waals surface area contributed by atoms with Crippen LogP contribution < -0.4 is 0 Å². The van der Waals surface area contributed by atoms with Crippen LogP contribution in [0.2, 0.25) is 0 Å². The zero-order chi connectivity index (χ0) is 14.1. The monoisotopic (exact) mass is 273 g/mol. The second-order valence-corrected chi connectivity index (χ2v) is 5.78. The van der Waals surface area contributed by atoms with Crippen molar-refractivity contribution in [3.05, 3.63) is 35.9 Å². The number of hydrogen-bond donors (Lipinski definition) is 1. The van der Waals surface area contributed by atoms with Gasteiger partial charge in [-0.2, -0.15) is 0 Å². The number of carbonyl (C=O) groups excluding carboxylic acids is 1. The summed E-state index contributed by atoms with van der Waals surface area (Å²) in [6.07, 6.45) is 4.84. The van der Waals surface area contributed by atoms with Crippen LogP contribution in [0, 0.1) is 5.92 Å². The molecule has 2 aliphatic rings. The first kappa shape index (κ1) is 13.2. The molecule has 0 spiro atoms. The van der Waals surface area contributed by atoms with Gasteiger partial charge in [-0.15, -0.1) is 0 Å². The Morgan fingerprint density at radius 2 is 1.80 bits per heavy atom. The molecule has 4 nitrogen and oxygen atoms in total. The quantitative estimate of drug-likeness (QED) is 0.901. The second kappa shape index (κ2) is 5.27. The van der Waals surface area contributed by atoms with Crippen molar-refractivity contribution < 1.29 is 14.7 Å². The Bertz CT molecular complexity index is 514. The highest BCUT2D eigenvalue weighted by molar-refractivity contribution is 5.97. The molecule has 1 aromatic carbocycles. The first-order valence-corrected chi connectivity index (χ1v) is 7.29. The van der Waals surface area contributed by atoms with Crippen LogP contribution in [0.3, 0.4) is 0 Å². The zero-order valence-corrected chi connectivity index (χ0v) is 11.4. The molecule has 3 rings (SSSR count). The molecular weight excluding hydrogens is 254 g/mol. The minimum atomic E-state index is -0.872. The molecule has 0 bridgehead atoms. The molecule has 1 heterocycles. The van der Waals surface area contributed by atoms with Gasteiger partial charge in [-0.05, 0) is 37.3 Å². The van der Waals surface area contributed by atoms with Crippen molar-refractivity contribution in [2.24, 2.45) is 5.92 Å². The van der Waals surface area contributed by atoms with E-state index in [4.69, 9.17) is 0 Å². The molecule has 1 saturated heterocycles. The van der Waals surface area contributed by atoms with Gasteiger partial charge in [0.1, 0.15) is 6.04 Å². The van der Waals surface area contributed by atoms with E-state index < -0.39 is 12.0 Å². The van der Waals surface area contributed by atoms with E-state index in [0.29, 0.717) is 17.9 Å². The van der Waals surface area contributed by atoms with Gasteiger partial charge < -0.3 is 10.0 Å². The molecule has 4 heteroatoms. The maximum absolute atomic E-state index is 12.7. The predicted octanol–water partition coefficient (Wildman–Crippen LogP) is 2.54. The molecule has 1 aromatic rings. The van der Waals surface area contributed by atoms with E-state index in [1.807, 2.05) is 18.2 Å². The molecule has 0 radical (unpaired) electrons. The average molecular weight is 273 g/mol. The summed E-state index contributed by atoms with van der Waals surface area (Å²) >= 11 is 0. The third-order valence-corrected chi connectivity index (χ3v) is 4.63. The van der Waals surface area contributed by atoms with Gasteiger partial charge in [-0.25, -0.2) is 4.79 Å². The van der Waals surface area contributed by atoms with Crippen LogP contribution in [0.1, 0.15) is 42.5 Å². The standard InChI is InChI=1S/C16H19NO3/c18-15(11-6-2-1-3-7-11)17-13-9-5-4-8-12(13)10-14(17)16(19)20/h1-3,6-7,12-14H,4-5,8-10H2,(H,19,20)/t12-,13+,14-/m0/s1. The summed E-state index contributed by atoms with van der Waals surface area (Å²) in [4.78, 5) is 25.8. The summed E-state index contributed by atoms with van der Waals surface area (Å²) in [5.41, 5.74) is 0.588.